The van der Waals surface area contributed by atoms with Crippen molar-refractivity contribution in [3.05, 3.63) is 19.2 Å². The molecule has 0 aliphatic carbocycles. The molecule has 0 radical (unpaired) electrons. The van der Waals surface area contributed by atoms with E-state index in [0.29, 0.717) is 12.6 Å². The Morgan fingerprint density at radius 1 is 1.50 bits per heavy atom. The van der Waals surface area contributed by atoms with Crippen LogP contribution in [-0.4, -0.2) is 36.5 Å². The first-order chi connectivity index (χ1) is 8.45. The van der Waals surface area contributed by atoms with Crippen LogP contribution in [0.4, 0.5) is 0 Å². The fourth-order valence-corrected chi connectivity index (χ4v) is 3.59. The summed E-state index contributed by atoms with van der Waals surface area (Å²) >= 11 is 8.21. The second-order valence-corrected chi connectivity index (χ2v) is 7.43. The van der Waals surface area contributed by atoms with E-state index in [9.17, 15) is 4.79 Å². The van der Waals surface area contributed by atoms with Crippen LogP contribution in [0.25, 0.3) is 0 Å². The molecule has 0 aromatic carbocycles. The average molecular weight is 398 g/mol. The maximum Gasteiger partial charge on any atom is 0.261 e. The predicted molar refractivity (Wildman–Crippen MR) is 84.4 cm³/mol. The van der Waals surface area contributed by atoms with Crippen molar-refractivity contribution < 1.29 is 4.79 Å². The number of amides is 1. The van der Waals surface area contributed by atoms with Crippen molar-refractivity contribution in [2.75, 3.05) is 19.6 Å². The Balaban J connectivity index is 2.42. The summed E-state index contributed by atoms with van der Waals surface area (Å²) in [6.45, 7) is 9.03. The van der Waals surface area contributed by atoms with Crippen molar-refractivity contribution >= 4 is 49.1 Å². The molecule has 0 bridgehead atoms. The summed E-state index contributed by atoms with van der Waals surface area (Å²) in [5, 5.41) is 2.95. The summed E-state index contributed by atoms with van der Waals surface area (Å²) in [6, 6.07) is 2.35. The average Bonchev–Trinajstić information content (AvgIpc) is 2.64. The standard InChI is InChI=1S/C12H18Br2N2OS/c1-4-16(8(2)3)6-5-15-12(17)10-7-9(13)11(14)18-10/h7-8H,4-6H2,1-3H3,(H,15,17). The highest BCUT2D eigenvalue weighted by atomic mass is 79.9. The maximum absolute atomic E-state index is 11.9. The van der Waals surface area contributed by atoms with Crippen molar-refractivity contribution in [3.8, 4) is 0 Å². The minimum Gasteiger partial charge on any atom is -0.350 e. The van der Waals surface area contributed by atoms with Crippen molar-refractivity contribution in [1.29, 1.82) is 0 Å². The first-order valence-electron chi connectivity index (χ1n) is 5.92. The van der Waals surface area contributed by atoms with Crippen LogP contribution in [-0.2, 0) is 0 Å². The van der Waals surface area contributed by atoms with Gasteiger partial charge in [0, 0.05) is 23.6 Å². The van der Waals surface area contributed by atoms with E-state index in [4.69, 9.17) is 0 Å². The molecule has 1 heterocycles. The molecule has 0 aliphatic heterocycles. The maximum atomic E-state index is 11.9. The molecule has 0 unspecified atom stereocenters. The minimum absolute atomic E-state index is 0.00814. The minimum atomic E-state index is -0.00814. The molecule has 18 heavy (non-hydrogen) atoms. The van der Waals surface area contributed by atoms with Crippen LogP contribution in [0.15, 0.2) is 14.3 Å². The molecule has 0 fully saturated rings. The van der Waals surface area contributed by atoms with Gasteiger partial charge in [0.05, 0.1) is 8.66 Å². The van der Waals surface area contributed by atoms with E-state index in [0.717, 1.165) is 26.2 Å². The van der Waals surface area contributed by atoms with Crippen molar-refractivity contribution in [2.45, 2.75) is 26.8 Å². The molecule has 102 valence electrons. The number of thiophene rings is 1. The number of nitrogens with one attached hydrogen (secondary N) is 1. The highest BCUT2D eigenvalue weighted by Gasteiger charge is 2.12. The normalized spacial score (nSPS) is 11.3. The van der Waals surface area contributed by atoms with Gasteiger partial charge in [-0.1, -0.05) is 6.92 Å². The first kappa shape index (κ1) is 16.1. The fraction of sp³-hybridized carbons (Fsp3) is 0.583. The van der Waals surface area contributed by atoms with Crippen molar-refractivity contribution in [3.63, 3.8) is 0 Å². The van der Waals surface area contributed by atoms with Gasteiger partial charge < -0.3 is 5.32 Å². The van der Waals surface area contributed by atoms with E-state index >= 15 is 0 Å². The molecule has 6 heteroatoms. The molecular formula is C12H18Br2N2OS. The zero-order valence-electron chi connectivity index (χ0n) is 10.8. The Hall–Kier alpha value is 0.0900. The van der Waals surface area contributed by atoms with Gasteiger partial charge in [-0.2, -0.15) is 0 Å². The second kappa shape index (κ2) is 7.62. The van der Waals surface area contributed by atoms with Crippen LogP contribution in [0.1, 0.15) is 30.4 Å². The molecule has 1 rings (SSSR count). The number of hydrogen-bond acceptors (Lipinski definition) is 3. The molecule has 1 N–H and O–H groups in total. The fourth-order valence-electron chi connectivity index (χ4n) is 1.64. The lowest BCUT2D eigenvalue weighted by Gasteiger charge is -2.24. The van der Waals surface area contributed by atoms with Crippen LogP contribution in [0.5, 0.6) is 0 Å². The summed E-state index contributed by atoms with van der Waals surface area (Å²) in [4.78, 5) is 14.9. The van der Waals surface area contributed by atoms with Crippen LogP contribution in [0.3, 0.4) is 0 Å². The number of hydrogen-bond donors (Lipinski definition) is 1. The largest absolute Gasteiger partial charge is 0.350 e. The third kappa shape index (κ3) is 4.64. The van der Waals surface area contributed by atoms with E-state index in [1.807, 2.05) is 6.07 Å². The van der Waals surface area contributed by atoms with Crippen molar-refractivity contribution in [2.24, 2.45) is 0 Å². The van der Waals surface area contributed by atoms with Gasteiger partial charge in [0.1, 0.15) is 0 Å². The third-order valence-corrected chi connectivity index (χ3v) is 5.95. The number of nitrogens with zero attached hydrogens (tertiary/aromatic N) is 1. The van der Waals surface area contributed by atoms with Gasteiger partial charge in [0.15, 0.2) is 0 Å². The number of rotatable bonds is 6. The van der Waals surface area contributed by atoms with Gasteiger partial charge in [0.2, 0.25) is 0 Å². The summed E-state index contributed by atoms with van der Waals surface area (Å²) in [7, 11) is 0. The van der Waals surface area contributed by atoms with Crippen LogP contribution in [0.2, 0.25) is 0 Å². The smallest absolute Gasteiger partial charge is 0.261 e. The number of carbonyl (C=O) groups excluding carboxylic acids is 1. The van der Waals surface area contributed by atoms with E-state index in [2.05, 4.69) is 62.8 Å². The third-order valence-electron chi connectivity index (χ3n) is 2.69. The number of carbonyl (C=O) groups is 1. The summed E-state index contributed by atoms with van der Waals surface area (Å²) in [6.07, 6.45) is 0. The number of likely N-dealkylation sites (N-methyl/N-ethyl adjacent to an activating group) is 1. The SMILES string of the molecule is CCN(CCNC(=O)c1cc(Br)c(Br)s1)C(C)C. The monoisotopic (exact) mass is 396 g/mol. The Morgan fingerprint density at radius 2 is 2.17 bits per heavy atom. The van der Waals surface area contributed by atoms with Crippen molar-refractivity contribution in [1.82, 2.24) is 10.2 Å². The summed E-state index contributed by atoms with van der Waals surface area (Å²) in [5.41, 5.74) is 0. The van der Waals surface area contributed by atoms with Crippen LogP contribution < -0.4 is 5.32 Å². The molecule has 0 atom stereocenters. The zero-order valence-corrected chi connectivity index (χ0v) is 14.8. The topological polar surface area (TPSA) is 32.3 Å². The van der Waals surface area contributed by atoms with Gasteiger partial charge >= 0.3 is 0 Å². The zero-order chi connectivity index (χ0) is 13.7. The lowest BCUT2D eigenvalue weighted by atomic mass is 10.3. The molecule has 0 spiro atoms. The molecule has 3 nitrogen and oxygen atoms in total. The Morgan fingerprint density at radius 3 is 2.61 bits per heavy atom. The summed E-state index contributed by atoms with van der Waals surface area (Å²) < 4.78 is 1.88. The Bertz CT molecular complexity index is 387. The van der Waals surface area contributed by atoms with Crippen LogP contribution in [0, 0.1) is 0 Å². The molecule has 1 amide bonds. The summed E-state index contributed by atoms with van der Waals surface area (Å²) in [5.74, 6) is -0.00814. The van der Waals surface area contributed by atoms with Gasteiger partial charge in [-0.15, -0.1) is 11.3 Å². The van der Waals surface area contributed by atoms with Gasteiger partial charge in [0.25, 0.3) is 5.91 Å². The molecule has 0 aliphatic rings. The highest BCUT2D eigenvalue weighted by molar-refractivity contribution is 9.13. The first-order valence-corrected chi connectivity index (χ1v) is 8.33. The molecule has 1 aromatic rings. The van der Waals surface area contributed by atoms with Gasteiger partial charge in [-0.25, -0.2) is 0 Å². The van der Waals surface area contributed by atoms with E-state index < -0.39 is 0 Å². The Kier molecular flexibility index (Phi) is 6.84. The molecule has 1 aromatic heterocycles. The molecule has 0 saturated heterocycles. The van der Waals surface area contributed by atoms with Gasteiger partial charge in [-0.05, 0) is 58.3 Å². The quantitative estimate of drug-likeness (QED) is 0.792. The Labute approximate surface area is 129 Å². The lowest BCUT2D eigenvalue weighted by molar-refractivity contribution is 0.0950. The predicted octanol–water partition coefficient (Wildman–Crippen LogP) is 3.73. The van der Waals surface area contributed by atoms with E-state index in [1.165, 1.54) is 11.3 Å². The molecule has 0 saturated carbocycles. The van der Waals surface area contributed by atoms with E-state index in [-0.39, 0.29) is 5.91 Å². The highest BCUT2D eigenvalue weighted by Crippen LogP contribution is 2.32. The number of halogens is 2. The lowest BCUT2D eigenvalue weighted by Crippen LogP contribution is -2.38. The second-order valence-electron chi connectivity index (χ2n) is 4.21. The van der Waals surface area contributed by atoms with Crippen LogP contribution >= 0.6 is 43.2 Å². The molecular weight excluding hydrogens is 380 g/mol. The van der Waals surface area contributed by atoms with Gasteiger partial charge in [-0.3, -0.25) is 9.69 Å². The van der Waals surface area contributed by atoms with E-state index in [1.54, 1.807) is 0 Å².